The molecule has 0 saturated carbocycles. The monoisotopic (exact) mass is 275 g/mol. The second kappa shape index (κ2) is 5.53. The van der Waals surface area contributed by atoms with E-state index in [1.54, 1.807) is 23.7 Å². The van der Waals surface area contributed by atoms with Crippen LogP contribution in [0.5, 0.6) is 0 Å². The third-order valence-electron chi connectivity index (χ3n) is 3.01. The number of benzene rings is 1. The summed E-state index contributed by atoms with van der Waals surface area (Å²) >= 11 is 1.77. The summed E-state index contributed by atoms with van der Waals surface area (Å²) in [5.41, 5.74) is 1.32. The van der Waals surface area contributed by atoms with E-state index in [9.17, 15) is 13.2 Å². The molecular formula is C13H16F3NS. The Morgan fingerprint density at radius 3 is 2.72 bits per heavy atom. The molecule has 100 valence electrons. The summed E-state index contributed by atoms with van der Waals surface area (Å²) in [5.74, 6) is 0. The highest BCUT2D eigenvalue weighted by atomic mass is 32.2. The normalized spacial score (nSPS) is 19.3. The van der Waals surface area contributed by atoms with E-state index < -0.39 is 12.6 Å². The number of hydrogen-bond acceptors (Lipinski definition) is 2. The van der Waals surface area contributed by atoms with Crippen LogP contribution in [0.1, 0.15) is 12.0 Å². The number of thioether (sulfide) groups is 1. The smallest absolute Gasteiger partial charge is 0.305 e. The van der Waals surface area contributed by atoms with Gasteiger partial charge in [-0.1, -0.05) is 18.2 Å². The zero-order chi connectivity index (χ0) is 13.2. The van der Waals surface area contributed by atoms with Gasteiger partial charge in [0.15, 0.2) is 0 Å². The molecule has 0 radical (unpaired) electrons. The van der Waals surface area contributed by atoms with Crippen molar-refractivity contribution in [1.82, 2.24) is 4.90 Å². The lowest BCUT2D eigenvalue weighted by Gasteiger charge is -2.20. The Bertz CT molecular complexity index is 380. The van der Waals surface area contributed by atoms with Crippen LogP contribution in [-0.2, 0) is 6.42 Å². The molecule has 1 atom stereocenters. The number of alkyl halides is 3. The van der Waals surface area contributed by atoms with E-state index in [1.807, 2.05) is 12.1 Å². The van der Waals surface area contributed by atoms with Crippen LogP contribution in [0.25, 0.3) is 0 Å². The molecule has 1 aliphatic rings. The van der Waals surface area contributed by atoms with Gasteiger partial charge in [-0.15, -0.1) is 11.8 Å². The van der Waals surface area contributed by atoms with Gasteiger partial charge in [0, 0.05) is 23.2 Å². The van der Waals surface area contributed by atoms with Crippen molar-refractivity contribution in [2.45, 2.75) is 29.2 Å². The van der Waals surface area contributed by atoms with Gasteiger partial charge in [-0.2, -0.15) is 13.2 Å². The Labute approximate surface area is 109 Å². The van der Waals surface area contributed by atoms with Crippen LogP contribution in [-0.4, -0.2) is 36.5 Å². The van der Waals surface area contributed by atoms with Gasteiger partial charge >= 0.3 is 6.18 Å². The number of nitrogens with zero attached hydrogens (tertiary/aromatic N) is 1. The van der Waals surface area contributed by atoms with Crippen molar-refractivity contribution < 1.29 is 13.2 Å². The Hall–Kier alpha value is -0.680. The predicted molar refractivity (Wildman–Crippen MR) is 68.0 cm³/mol. The van der Waals surface area contributed by atoms with Gasteiger partial charge in [-0.05, 0) is 25.1 Å². The maximum absolute atomic E-state index is 12.1. The van der Waals surface area contributed by atoms with Crippen LogP contribution in [0.3, 0.4) is 0 Å². The standard InChI is InChI=1S/C13H16F3NS/c1-17(7-6-13(14,15)16)9-11-8-10-4-2-3-5-12(10)18-11/h2-5,11H,6-9H2,1H3. The van der Waals surface area contributed by atoms with Gasteiger partial charge in [0.25, 0.3) is 0 Å². The average Bonchev–Trinajstić information content (AvgIpc) is 2.67. The van der Waals surface area contributed by atoms with Crippen LogP contribution in [0.4, 0.5) is 13.2 Å². The molecule has 0 amide bonds. The minimum absolute atomic E-state index is 0.0803. The van der Waals surface area contributed by atoms with E-state index in [0.29, 0.717) is 11.8 Å². The van der Waals surface area contributed by atoms with Gasteiger partial charge < -0.3 is 4.90 Å². The van der Waals surface area contributed by atoms with Gasteiger partial charge in [0.2, 0.25) is 0 Å². The van der Waals surface area contributed by atoms with E-state index in [-0.39, 0.29) is 6.54 Å². The molecule has 2 rings (SSSR count). The first-order chi connectivity index (χ1) is 8.44. The summed E-state index contributed by atoms with van der Waals surface area (Å²) in [6.45, 7) is 0.784. The SMILES string of the molecule is CN(CCC(F)(F)F)CC1Cc2ccccc2S1. The molecule has 0 fully saturated rings. The van der Waals surface area contributed by atoms with Crippen LogP contribution in [0.2, 0.25) is 0 Å². The van der Waals surface area contributed by atoms with Crippen LogP contribution >= 0.6 is 11.8 Å². The fraction of sp³-hybridized carbons (Fsp3) is 0.538. The molecule has 1 aromatic carbocycles. The number of fused-ring (bicyclic) bond motifs is 1. The van der Waals surface area contributed by atoms with E-state index in [2.05, 4.69) is 12.1 Å². The maximum atomic E-state index is 12.1. The zero-order valence-corrected chi connectivity index (χ0v) is 11.0. The minimum atomic E-state index is -4.06. The molecule has 1 aliphatic heterocycles. The molecule has 0 N–H and O–H groups in total. The minimum Gasteiger partial charge on any atom is -0.305 e. The number of rotatable bonds is 4. The predicted octanol–water partition coefficient (Wildman–Crippen LogP) is 3.59. The van der Waals surface area contributed by atoms with Gasteiger partial charge in [0.1, 0.15) is 0 Å². The fourth-order valence-electron chi connectivity index (χ4n) is 2.11. The fourth-order valence-corrected chi connectivity index (χ4v) is 3.52. The summed E-state index contributed by atoms with van der Waals surface area (Å²) < 4.78 is 36.3. The van der Waals surface area contributed by atoms with Crippen molar-refractivity contribution in [3.05, 3.63) is 29.8 Å². The van der Waals surface area contributed by atoms with Crippen molar-refractivity contribution in [3.8, 4) is 0 Å². The van der Waals surface area contributed by atoms with Crippen LogP contribution in [0, 0.1) is 0 Å². The molecule has 5 heteroatoms. The molecule has 0 aliphatic carbocycles. The Balaban J connectivity index is 1.79. The van der Waals surface area contributed by atoms with Crippen molar-refractivity contribution in [3.63, 3.8) is 0 Å². The largest absolute Gasteiger partial charge is 0.390 e. The third kappa shape index (κ3) is 3.92. The first kappa shape index (κ1) is 13.7. The van der Waals surface area contributed by atoms with Crippen LogP contribution in [0.15, 0.2) is 29.2 Å². The lowest BCUT2D eigenvalue weighted by Crippen LogP contribution is -2.30. The molecule has 0 spiro atoms. The average molecular weight is 275 g/mol. The lowest BCUT2D eigenvalue weighted by atomic mass is 10.1. The van der Waals surface area contributed by atoms with Gasteiger partial charge in [-0.25, -0.2) is 0 Å². The Kier molecular flexibility index (Phi) is 4.22. The molecule has 1 aromatic rings. The summed E-state index contributed by atoms with van der Waals surface area (Å²) in [6, 6.07) is 8.19. The number of hydrogen-bond donors (Lipinski definition) is 0. The van der Waals surface area contributed by atoms with Gasteiger partial charge in [0.05, 0.1) is 6.42 Å². The summed E-state index contributed by atoms with van der Waals surface area (Å²) in [7, 11) is 1.76. The second-order valence-corrected chi connectivity index (χ2v) is 6.02. The highest BCUT2D eigenvalue weighted by Crippen LogP contribution is 2.37. The molecular weight excluding hydrogens is 259 g/mol. The van der Waals surface area contributed by atoms with E-state index in [1.165, 1.54) is 10.5 Å². The lowest BCUT2D eigenvalue weighted by molar-refractivity contribution is -0.137. The van der Waals surface area contributed by atoms with E-state index in [0.717, 1.165) is 6.42 Å². The summed E-state index contributed by atoms with van der Waals surface area (Å²) in [5, 5.41) is 0.376. The maximum Gasteiger partial charge on any atom is 0.390 e. The third-order valence-corrected chi connectivity index (χ3v) is 4.31. The van der Waals surface area contributed by atoms with Crippen molar-refractivity contribution in [2.24, 2.45) is 0 Å². The zero-order valence-electron chi connectivity index (χ0n) is 10.2. The van der Waals surface area contributed by atoms with Crippen LogP contribution < -0.4 is 0 Å². The topological polar surface area (TPSA) is 3.24 Å². The molecule has 18 heavy (non-hydrogen) atoms. The second-order valence-electron chi connectivity index (χ2n) is 4.68. The highest BCUT2D eigenvalue weighted by molar-refractivity contribution is 8.00. The Morgan fingerprint density at radius 1 is 1.33 bits per heavy atom. The first-order valence-corrected chi connectivity index (χ1v) is 6.82. The molecule has 0 saturated heterocycles. The summed E-state index contributed by atoms with van der Waals surface area (Å²) in [4.78, 5) is 3.04. The highest BCUT2D eigenvalue weighted by Gasteiger charge is 2.28. The molecule has 1 heterocycles. The first-order valence-electron chi connectivity index (χ1n) is 5.94. The van der Waals surface area contributed by atoms with Crippen molar-refractivity contribution >= 4 is 11.8 Å². The van der Waals surface area contributed by atoms with Crippen molar-refractivity contribution in [2.75, 3.05) is 20.1 Å². The Morgan fingerprint density at radius 2 is 2.06 bits per heavy atom. The summed E-state index contributed by atoms with van der Waals surface area (Å²) in [6.07, 6.45) is -3.83. The molecule has 0 aromatic heterocycles. The van der Waals surface area contributed by atoms with Crippen molar-refractivity contribution in [1.29, 1.82) is 0 Å². The number of halogens is 3. The molecule has 1 nitrogen and oxygen atoms in total. The van der Waals surface area contributed by atoms with Gasteiger partial charge in [-0.3, -0.25) is 0 Å². The molecule has 0 bridgehead atoms. The quantitative estimate of drug-likeness (QED) is 0.826. The van der Waals surface area contributed by atoms with E-state index >= 15 is 0 Å². The van der Waals surface area contributed by atoms with E-state index in [4.69, 9.17) is 0 Å². The molecule has 1 unspecified atom stereocenters.